The van der Waals surface area contributed by atoms with Crippen molar-refractivity contribution in [3.8, 4) is 0 Å². The lowest BCUT2D eigenvalue weighted by atomic mass is 10.1. The van der Waals surface area contributed by atoms with Gasteiger partial charge in [-0.05, 0) is 30.5 Å². The fourth-order valence-electron chi connectivity index (χ4n) is 3.19. The van der Waals surface area contributed by atoms with Crippen LogP contribution < -0.4 is 10.2 Å². The second kappa shape index (κ2) is 11.2. The second-order valence-corrected chi connectivity index (χ2v) is 8.21. The highest BCUT2D eigenvalue weighted by molar-refractivity contribution is 7.99. The third-order valence-electron chi connectivity index (χ3n) is 4.88. The number of thioether (sulfide) groups is 1. The van der Waals surface area contributed by atoms with E-state index in [0.29, 0.717) is 11.8 Å². The molecule has 1 heterocycles. The van der Waals surface area contributed by atoms with Gasteiger partial charge in [0.05, 0.1) is 19.8 Å². The molecule has 7 heteroatoms. The predicted octanol–water partition coefficient (Wildman–Crippen LogP) is 2.97. The summed E-state index contributed by atoms with van der Waals surface area (Å²) in [6, 6.07) is 8.31. The molecule has 2 aromatic rings. The number of aromatic nitrogens is 3. The summed E-state index contributed by atoms with van der Waals surface area (Å²) in [6.45, 7) is 7.38. The van der Waals surface area contributed by atoms with E-state index in [9.17, 15) is 4.79 Å². The third-order valence-corrected chi connectivity index (χ3v) is 5.84. The van der Waals surface area contributed by atoms with Crippen LogP contribution in [0.1, 0.15) is 57.5 Å². The van der Waals surface area contributed by atoms with Crippen LogP contribution in [0.5, 0.6) is 0 Å². The topological polar surface area (TPSA) is 64.2 Å². The van der Waals surface area contributed by atoms with Crippen LogP contribution in [-0.2, 0) is 17.8 Å². The molecule has 6 nitrogen and oxygen atoms in total. The van der Waals surface area contributed by atoms with E-state index in [1.54, 1.807) is 0 Å². The molecule has 0 radical (unpaired) electrons. The van der Waals surface area contributed by atoms with Crippen LogP contribution in [0.2, 0.25) is 0 Å². The van der Waals surface area contributed by atoms with Gasteiger partial charge in [0.15, 0.2) is 11.0 Å². The largest absolute Gasteiger partial charge is 0.331 e. The number of hydrogen-bond acceptors (Lipinski definition) is 4. The molecular weight excluding hydrogens is 370 g/mol. The number of aryl methyl sites for hydroxylation is 1. The number of hydrogen-bond donors (Lipinski definition) is 2. The van der Waals surface area contributed by atoms with Crippen LogP contribution in [0.3, 0.4) is 0 Å². The van der Waals surface area contributed by atoms with Gasteiger partial charge in [-0.2, -0.15) is 0 Å². The molecule has 0 fully saturated rings. The molecule has 28 heavy (non-hydrogen) atoms. The molecule has 1 atom stereocenters. The molecule has 0 spiro atoms. The maximum absolute atomic E-state index is 12.4. The van der Waals surface area contributed by atoms with Gasteiger partial charge >= 0.3 is 0 Å². The first-order chi connectivity index (χ1) is 13.5. The molecule has 0 aliphatic rings. The molecule has 0 aliphatic carbocycles. The normalized spacial score (nSPS) is 12.4. The molecular formula is C21H34N5OS+. The number of carbonyl (C=O) groups excluding carboxylic acids is 1. The lowest BCUT2D eigenvalue weighted by Crippen LogP contribution is -3.06. The number of amides is 1. The number of carbonyl (C=O) groups is 1. The second-order valence-electron chi connectivity index (χ2n) is 7.27. The molecule has 1 amide bonds. The number of benzene rings is 1. The predicted molar refractivity (Wildman–Crippen MR) is 116 cm³/mol. The van der Waals surface area contributed by atoms with Gasteiger partial charge in [0.25, 0.3) is 0 Å². The van der Waals surface area contributed by atoms with Crippen molar-refractivity contribution >= 4 is 23.4 Å². The van der Waals surface area contributed by atoms with Crippen LogP contribution in [-0.4, -0.2) is 40.5 Å². The standard InChI is InChI=1S/C21H33N5OS/c1-6-9-14-26-20(18(8-3)25(4)5)23-24-21(26)28-15-19(27)22-17-12-10-16(7-2)11-13-17/h10-13,18H,6-9,14-15H2,1-5H3,(H,22,27)/p+1/t18-/m0/s1. The van der Waals surface area contributed by atoms with E-state index in [4.69, 9.17) is 0 Å². The van der Waals surface area contributed by atoms with Crippen molar-refractivity contribution in [2.45, 2.75) is 64.2 Å². The fourth-order valence-corrected chi connectivity index (χ4v) is 3.96. The van der Waals surface area contributed by atoms with Gasteiger partial charge < -0.3 is 14.8 Å². The summed E-state index contributed by atoms with van der Waals surface area (Å²) in [4.78, 5) is 13.7. The highest BCUT2D eigenvalue weighted by Gasteiger charge is 2.24. The maximum Gasteiger partial charge on any atom is 0.234 e. The number of rotatable bonds is 11. The Morgan fingerprint density at radius 1 is 1.18 bits per heavy atom. The summed E-state index contributed by atoms with van der Waals surface area (Å²) in [5.74, 6) is 1.32. The highest BCUT2D eigenvalue weighted by atomic mass is 32.2. The first-order valence-electron chi connectivity index (χ1n) is 10.2. The minimum absolute atomic E-state index is 0.0221. The zero-order valence-corrected chi connectivity index (χ0v) is 18.6. The first-order valence-corrected chi connectivity index (χ1v) is 11.2. The van der Waals surface area contributed by atoms with E-state index in [1.807, 2.05) is 24.3 Å². The Labute approximate surface area is 173 Å². The summed E-state index contributed by atoms with van der Waals surface area (Å²) in [5.41, 5.74) is 2.09. The summed E-state index contributed by atoms with van der Waals surface area (Å²) in [7, 11) is 4.30. The van der Waals surface area contributed by atoms with E-state index < -0.39 is 0 Å². The molecule has 0 saturated heterocycles. The van der Waals surface area contributed by atoms with Gasteiger partial charge in [0.1, 0.15) is 6.04 Å². The zero-order valence-electron chi connectivity index (χ0n) is 17.8. The van der Waals surface area contributed by atoms with Gasteiger partial charge in [0, 0.05) is 18.7 Å². The van der Waals surface area contributed by atoms with E-state index in [2.05, 4.69) is 54.9 Å². The maximum atomic E-state index is 12.4. The number of anilines is 1. The number of unbranched alkanes of at least 4 members (excludes halogenated alkanes) is 1. The van der Waals surface area contributed by atoms with Crippen LogP contribution in [0, 0.1) is 0 Å². The van der Waals surface area contributed by atoms with Gasteiger partial charge in [-0.3, -0.25) is 4.79 Å². The van der Waals surface area contributed by atoms with E-state index in [-0.39, 0.29) is 5.91 Å². The van der Waals surface area contributed by atoms with Gasteiger partial charge in [-0.25, -0.2) is 0 Å². The van der Waals surface area contributed by atoms with E-state index >= 15 is 0 Å². The van der Waals surface area contributed by atoms with Crippen molar-refractivity contribution in [2.75, 3.05) is 25.2 Å². The van der Waals surface area contributed by atoms with Crippen LogP contribution in [0.15, 0.2) is 29.4 Å². The Morgan fingerprint density at radius 3 is 2.46 bits per heavy atom. The third kappa shape index (κ3) is 6.07. The average molecular weight is 405 g/mol. The monoisotopic (exact) mass is 404 g/mol. The fraction of sp³-hybridized carbons (Fsp3) is 0.571. The minimum atomic E-state index is -0.0221. The van der Waals surface area contributed by atoms with Gasteiger partial charge in [-0.15, -0.1) is 10.2 Å². The molecule has 0 saturated carbocycles. The zero-order chi connectivity index (χ0) is 20.5. The summed E-state index contributed by atoms with van der Waals surface area (Å²) in [5, 5.41) is 12.7. The van der Waals surface area contributed by atoms with Gasteiger partial charge in [-0.1, -0.05) is 51.1 Å². The Kier molecular flexibility index (Phi) is 8.99. The quantitative estimate of drug-likeness (QED) is 0.565. The summed E-state index contributed by atoms with van der Waals surface area (Å²) >= 11 is 1.46. The number of nitrogens with one attached hydrogen (secondary N) is 2. The SMILES string of the molecule is CCCCn1c(SCC(=O)Nc2ccc(CC)cc2)nnc1[C@H](CC)[NH+](C)C. The smallest absolute Gasteiger partial charge is 0.234 e. The van der Waals surface area contributed by atoms with Crippen molar-refractivity contribution in [1.82, 2.24) is 14.8 Å². The van der Waals surface area contributed by atoms with Crippen molar-refractivity contribution in [3.63, 3.8) is 0 Å². The molecule has 154 valence electrons. The summed E-state index contributed by atoms with van der Waals surface area (Å²) < 4.78 is 2.21. The minimum Gasteiger partial charge on any atom is -0.331 e. The Hall–Kier alpha value is -1.86. The Bertz CT molecular complexity index is 742. The van der Waals surface area contributed by atoms with Crippen LogP contribution in [0.25, 0.3) is 0 Å². The lowest BCUT2D eigenvalue weighted by molar-refractivity contribution is -0.893. The molecule has 1 aromatic heterocycles. The van der Waals surface area contributed by atoms with Crippen molar-refractivity contribution < 1.29 is 9.69 Å². The number of quaternary nitrogens is 1. The molecule has 2 rings (SSSR count). The molecule has 0 aliphatic heterocycles. The average Bonchev–Trinajstić information content (AvgIpc) is 3.08. The highest BCUT2D eigenvalue weighted by Crippen LogP contribution is 2.22. The van der Waals surface area contributed by atoms with Crippen LogP contribution >= 0.6 is 11.8 Å². The van der Waals surface area contributed by atoms with Crippen molar-refractivity contribution in [2.24, 2.45) is 0 Å². The van der Waals surface area contributed by atoms with Gasteiger partial charge in [0.2, 0.25) is 5.91 Å². The first kappa shape index (κ1) is 22.4. The lowest BCUT2D eigenvalue weighted by Gasteiger charge is -2.20. The molecule has 2 N–H and O–H groups in total. The molecule has 1 aromatic carbocycles. The van der Waals surface area contributed by atoms with Crippen molar-refractivity contribution in [3.05, 3.63) is 35.7 Å². The molecule has 0 unspecified atom stereocenters. The van der Waals surface area contributed by atoms with Crippen molar-refractivity contribution in [1.29, 1.82) is 0 Å². The van der Waals surface area contributed by atoms with E-state index in [0.717, 1.165) is 48.9 Å². The Morgan fingerprint density at radius 2 is 1.89 bits per heavy atom. The Balaban J connectivity index is 2.05. The summed E-state index contributed by atoms with van der Waals surface area (Å²) in [6.07, 6.45) is 4.19. The van der Waals surface area contributed by atoms with E-state index in [1.165, 1.54) is 22.2 Å². The molecule has 0 bridgehead atoms. The van der Waals surface area contributed by atoms with Crippen LogP contribution in [0.4, 0.5) is 5.69 Å². The number of nitrogens with zero attached hydrogens (tertiary/aromatic N) is 3.